The van der Waals surface area contributed by atoms with E-state index in [1.807, 2.05) is 48.5 Å². The summed E-state index contributed by atoms with van der Waals surface area (Å²) >= 11 is 5.24. The van der Waals surface area contributed by atoms with Crippen molar-refractivity contribution in [2.24, 2.45) is 5.92 Å². The molecule has 2 N–H and O–H groups in total. The molecule has 4 nitrogen and oxygen atoms in total. The van der Waals surface area contributed by atoms with Crippen molar-refractivity contribution in [3.8, 4) is 5.75 Å². The number of amides is 1. The summed E-state index contributed by atoms with van der Waals surface area (Å²) in [7, 11) is 0. The summed E-state index contributed by atoms with van der Waals surface area (Å²) < 4.78 is 5.65. The molecule has 144 valence electrons. The summed E-state index contributed by atoms with van der Waals surface area (Å²) in [5, 5.41) is 5.98. The molecule has 5 heteroatoms. The van der Waals surface area contributed by atoms with Crippen LogP contribution in [0, 0.1) is 5.92 Å². The predicted molar refractivity (Wildman–Crippen MR) is 116 cm³/mol. The lowest BCUT2D eigenvalue weighted by molar-refractivity contribution is 0.0977. The summed E-state index contributed by atoms with van der Waals surface area (Å²) in [5.74, 6) is 1.05. The summed E-state index contributed by atoms with van der Waals surface area (Å²) in [6.45, 7) is 11.3. The van der Waals surface area contributed by atoms with Gasteiger partial charge in [-0.25, -0.2) is 0 Å². The number of carbonyl (C=O) groups is 1. The quantitative estimate of drug-likeness (QED) is 0.700. The molecule has 2 aromatic rings. The molecule has 2 aromatic carbocycles. The van der Waals surface area contributed by atoms with Gasteiger partial charge in [0.1, 0.15) is 5.75 Å². The van der Waals surface area contributed by atoms with Crippen LogP contribution in [0.3, 0.4) is 0 Å². The lowest BCUT2D eigenvalue weighted by Gasteiger charge is -2.19. The van der Waals surface area contributed by atoms with Crippen molar-refractivity contribution in [1.29, 1.82) is 0 Å². The number of ether oxygens (including phenoxy) is 1. The number of hydrogen-bond donors (Lipinski definition) is 2. The number of nitrogens with one attached hydrogen (secondary N) is 2. The largest absolute Gasteiger partial charge is 0.493 e. The number of carbonyl (C=O) groups excluding carboxylic acids is 1. The van der Waals surface area contributed by atoms with Crippen molar-refractivity contribution in [2.45, 2.75) is 40.0 Å². The summed E-state index contributed by atoms with van der Waals surface area (Å²) in [4.78, 5) is 12.4. The molecule has 0 aliphatic heterocycles. The van der Waals surface area contributed by atoms with Crippen LogP contribution in [0.1, 0.15) is 50.5 Å². The second kappa shape index (κ2) is 9.00. The van der Waals surface area contributed by atoms with E-state index < -0.39 is 0 Å². The number of thiocarbonyl (C=S) groups is 1. The average Bonchev–Trinajstić information content (AvgIpc) is 2.60. The molecule has 0 bridgehead atoms. The SMILES string of the molecule is CC(C)COc1ccc(NC(=S)NC(=O)c2ccc(C(C)(C)C)cc2)cc1. The van der Waals surface area contributed by atoms with Gasteiger partial charge in [0.05, 0.1) is 6.61 Å². The van der Waals surface area contributed by atoms with E-state index in [4.69, 9.17) is 17.0 Å². The molecule has 0 aliphatic rings. The third-order valence-electron chi connectivity index (χ3n) is 3.94. The molecular formula is C22H28N2O2S. The molecular weight excluding hydrogens is 356 g/mol. The zero-order valence-corrected chi connectivity index (χ0v) is 17.4. The first-order chi connectivity index (χ1) is 12.6. The lowest BCUT2D eigenvalue weighted by atomic mass is 9.87. The maximum Gasteiger partial charge on any atom is 0.257 e. The Labute approximate surface area is 167 Å². The molecule has 0 aliphatic carbocycles. The minimum absolute atomic E-state index is 0.0525. The zero-order chi connectivity index (χ0) is 20.0. The van der Waals surface area contributed by atoms with Crippen molar-refractivity contribution < 1.29 is 9.53 Å². The fourth-order valence-corrected chi connectivity index (χ4v) is 2.57. The van der Waals surface area contributed by atoms with E-state index in [0.29, 0.717) is 18.1 Å². The van der Waals surface area contributed by atoms with Crippen molar-refractivity contribution in [1.82, 2.24) is 5.32 Å². The minimum Gasteiger partial charge on any atom is -0.493 e. The van der Waals surface area contributed by atoms with Crippen LogP contribution in [0.5, 0.6) is 5.75 Å². The highest BCUT2D eigenvalue weighted by molar-refractivity contribution is 7.80. The topological polar surface area (TPSA) is 50.4 Å². The zero-order valence-electron chi connectivity index (χ0n) is 16.6. The molecule has 0 saturated heterocycles. The van der Waals surface area contributed by atoms with E-state index in [-0.39, 0.29) is 16.4 Å². The fraction of sp³-hybridized carbons (Fsp3) is 0.364. The summed E-state index contributed by atoms with van der Waals surface area (Å²) in [6.07, 6.45) is 0. The Balaban J connectivity index is 1.90. The molecule has 1 amide bonds. The van der Waals surface area contributed by atoms with Gasteiger partial charge in [-0.1, -0.05) is 46.8 Å². The minimum atomic E-state index is -0.232. The molecule has 0 fully saturated rings. The van der Waals surface area contributed by atoms with Gasteiger partial charge in [-0.2, -0.15) is 0 Å². The van der Waals surface area contributed by atoms with Gasteiger partial charge in [-0.15, -0.1) is 0 Å². The van der Waals surface area contributed by atoms with Crippen LogP contribution < -0.4 is 15.4 Å². The van der Waals surface area contributed by atoms with Crippen LogP contribution in [0.15, 0.2) is 48.5 Å². The van der Waals surface area contributed by atoms with Crippen LogP contribution in [-0.4, -0.2) is 17.6 Å². The number of hydrogen-bond acceptors (Lipinski definition) is 3. The predicted octanol–water partition coefficient (Wildman–Crippen LogP) is 5.15. The van der Waals surface area contributed by atoms with Crippen LogP contribution in [0.2, 0.25) is 0 Å². The average molecular weight is 385 g/mol. The van der Waals surface area contributed by atoms with Crippen LogP contribution >= 0.6 is 12.2 Å². The van der Waals surface area contributed by atoms with Crippen molar-refractivity contribution in [2.75, 3.05) is 11.9 Å². The third-order valence-corrected chi connectivity index (χ3v) is 4.14. The van der Waals surface area contributed by atoms with Crippen molar-refractivity contribution >= 4 is 28.9 Å². The van der Waals surface area contributed by atoms with Gasteiger partial charge >= 0.3 is 0 Å². The van der Waals surface area contributed by atoms with Crippen molar-refractivity contribution in [3.63, 3.8) is 0 Å². The molecule has 0 aromatic heterocycles. The standard InChI is InChI=1S/C22H28N2O2S/c1-15(2)14-26-19-12-10-18(11-13-19)23-21(27)24-20(25)16-6-8-17(9-7-16)22(3,4)5/h6-13,15H,14H2,1-5H3,(H2,23,24,25,27). The highest BCUT2D eigenvalue weighted by atomic mass is 32.1. The molecule has 27 heavy (non-hydrogen) atoms. The highest BCUT2D eigenvalue weighted by Crippen LogP contribution is 2.22. The maximum absolute atomic E-state index is 12.4. The van der Waals surface area contributed by atoms with E-state index >= 15 is 0 Å². The molecule has 0 unspecified atom stereocenters. The Bertz CT molecular complexity index is 775. The summed E-state index contributed by atoms with van der Waals surface area (Å²) in [6, 6.07) is 15.1. The Morgan fingerprint density at radius 3 is 2.15 bits per heavy atom. The van der Waals surface area contributed by atoms with Gasteiger partial charge in [-0.3, -0.25) is 10.1 Å². The molecule has 2 rings (SSSR count). The van der Waals surface area contributed by atoms with Crippen molar-refractivity contribution in [3.05, 3.63) is 59.7 Å². The van der Waals surface area contributed by atoms with Gasteiger partial charge in [0.25, 0.3) is 5.91 Å². The van der Waals surface area contributed by atoms with E-state index in [1.54, 1.807) is 0 Å². The lowest BCUT2D eigenvalue weighted by Crippen LogP contribution is -2.34. The monoisotopic (exact) mass is 384 g/mol. The molecule has 0 heterocycles. The summed E-state index contributed by atoms with van der Waals surface area (Å²) in [5.41, 5.74) is 2.60. The molecule has 0 saturated carbocycles. The third kappa shape index (κ3) is 6.68. The van der Waals surface area contributed by atoms with E-state index in [9.17, 15) is 4.79 Å². The van der Waals surface area contributed by atoms with E-state index in [2.05, 4.69) is 45.3 Å². The Morgan fingerprint density at radius 1 is 1.04 bits per heavy atom. The first-order valence-corrected chi connectivity index (χ1v) is 9.51. The van der Waals surface area contributed by atoms with E-state index in [0.717, 1.165) is 11.4 Å². The smallest absolute Gasteiger partial charge is 0.257 e. The first-order valence-electron chi connectivity index (χ1n) is 9.11. The number of rotatable bonds is 5. The number of benzene rings is 2. The van der Waals surface area contributed by atoms with Gasteiger partial charge in [0.2, 0.25) is 0 Å². The fourth-order valence-electron chi connectivity index (χ4n) is 2.36. The second-order valence-corrected chi connectivity index (χ2v) is 8.37. The maximum atomic E-state index is 12.4. The van der Waals surface area contributed by atoms with Gasteiger partial charge in [0.15, 0.2) is 5.11 Å². The Hall–Kier alpha value is -2.40. The molecule has 0 spiro atoms. The second-order valence-electron chi connectivity index (χ2n) is 7.96. The van der Waals surface area contributed by atoms with Gasteiger partial charge < -0.3 is 10.1 Å². The van der Waals surface area contributed by atoms with Crippen LogP contribution in [0.25, 0.3) is 0 Å². The van der Waals surface area contributed by atoms with Crippen LogP contribution in [0.4, 0.5) is 5.69 Å². The molecule has 0 radical (unpaired) electrons. The van der Waals surface area contributed by atoms with Gasteiger partial charge in [-0.05, 0) is 65.5 Å². The normalized spacial score (nSPS) is 11.2. The van der Waals surface area contributed by atoms with E-state index in [1.165, 1.54) is 5.56 Å². The molecule has 0 atom stereocenters. The number of anilines is 1. The highest BCUT2D eigenvalue weighted by Gasteiger charge is 2.14. The van der Waals surface area contributed by atoms with Crippen LogP contribution in [-0.2, 0) is 5.41 Å². The van der Waals surface area contributed by atoms with Gasteiger partial charge in [0, 0.05) is 11.3 Å². The first kappa shape index (κ1) is 20.9. The Morgan fingerprint density at radius 2 is 1.63 bits per heavy atom. The Kier molecular flexibility index (Phi) is 6.97.